The molecule has 3 N–H and O–H groups in total. The topological polar surface area (TPSA) is 179 Å². The largest absolute Gasteiger partial charge is 0.612 e. The maximum atomic E-state index is 12.0. The molecule has 3 rings (SSSR count). The summed E-state index contributed by atoms with van der Waals surface area (Å²) in [4.78, 5) is 21.6. The number of allylic oxidation sites excluding steroid dienone is 1. The number of nitrogens with two attached hydrogens (primary N) is 1. The third kappa shape index (κ3) is 2.45. The van der Waals surface area contributed by atoms with Gasteiger partial charge in [0, 0.05) is 17.3 Å². The molecule has 1 aromatic heterocycles. The number of rotatable bonds is 3. The third-order valence-corrected chi connectivity index (χ3v) is 3.77. The quantitative estimate of drug-likeness (QED) is 0.344. The van der Waals surface area contributed by atoms with Crippen molar-refractivity contribution in [1.82, 2.24) is 5.16 Å². The van der Waals surface area contributed by atoms with Crippen LogP contribution < -0.4 is 15.1 Å². The molecule has 0 saturated heterocycles. The van der Waals surface area contributed by atoms with E-state index in [4.69, 9.17) is 10.5 Å². The van der Waals surface area contributed by atoms with Crippen LogP contribution in [-0.4, -0.2) is 27.8 Å². The maximum Gasteiger partial charge on any atom is 0.329 e. The molecule has 0 radical (unpaired) electrons. The van der Waals surface area contributed by atoms with Gasteiger partial charge in [-0.1, -0.05) is 15.9 Å². The first-order valence-electron chi connectivity index (χ1n) is 6.80. The van der Waals surface area contributed by atoms with Gasteiger partial charge in [-0.05, 0) is 11.0 Å². The highest BCUT2D eigenvalue weighted by Gasteiger charge is 2.48. The van der Waals surface area contributed by atoms with Gasteiger partial charge < -0.3 is 20.9 Å². The van der Waals surface area contributed by atoms with Gasteiger partial charge in [-0.3, -0.25) is 10.1 Å². The average molecular weight is 349 g/mol. The van der Waals surface area contributed by atoms with Crippen molar-refractivity contribution in [3.05, 3.63) is 66.7 Å². The Bertz CT molecular complexity index is 983. The zero-order chi connectivity index (χ0) is 18.3. The Morgan fingerprint density at radius 3 is 2.68 bits per heavy atom. The fourth-order valence-electron chi connectivity index (χ4n) is 2.72. The number of nitro groups is 1. The van der Waals surface area contributed by atoms with Crippen molar-refractivity contribution in [2.75, 3.05) is 12.8 Å². The summed E-state index contributed by atoms with van der Waals surface area (Å²) < 4.78 is 9.72. The number of H-pyrrole nitrogens is 1. The van der Waals surface area contributed by atoms with Gasteiger partial charge in [-0.15, -0.1) is 0 Å². The van der Waals surface area contributed by atoms with Gasteiger partial charge in [-0.25, -0.2) is 0 Å². The summed E-state index contributed by atoms with van der Waals surface area (Å²) >= 11 is 0. The molecular formula is C13H11N5O7. The van der Waals surface area contributed by atoms with E-state index in [-0.39, 0.29) is 27.3 Å². The third-order valence-electron chi connectivity index (χ3n) is 3.77. The predicted molar refractivity (Wildman–Crippen MR) is 82.6 cm³/mol. The first kappa shape index (κ1) is 16.0. The number of aromatic nitrogens is 2. The molecule has 1 unspecified atom stereocenters. The summed E-state index contributed by atoms with van der Waals surface area (Å²) in [6.45, 7) is 0. The Balaban J connectivity index is 2.36. The lowest BCUT2D eigenvalue weighted by molar-refractivity contribution is -0.719. The van der Waals surface area contributed by atoms with E-state index in [1.165, 1.54) is 25.3 Å². The molecular weight excluding hydrogens is 338 g/mol. The molecule has 0 spiro atoms. The Labute approximate surface area is 138 Å². The van der Waals surface area contributed by atoms with Crippen LogP contribution in [-0.2, 0) is 0 Å². The molecule has 0 aliphatic heterocycles. The highest BCUT2D eigenvalue weighted by Crippen LogP contribution is 2.38. The standard InChI is InChI=1S/C13H11N5O7/c1-24-10-4-6(14)2-3-7(10)11-8(16(19)20)5-9(17(21)22)12-13(11)18(23)25-15-12/h2-5,11,15H,14H2,1H3. The summed E-state index contributed by atoms with van der Waals surface area (Å²) in [6, 6.07) is 4.35. The molecule has 1 aromatic carbocycles. The van der Waals surface area contributed by atoms with Crippen molar-refractivity contribution in [2.45, 2.75) is 5.92 Å². The van der Waals surface area contributed by atoms with Crippen molar-refractivity contribution < 1.29 is 23.8 Å². The highest BCUT2D eigenvalue weighted by molar-refractivity contribution is 6.05. The number of aromatic amines is 1. The lowest BCUT2D eigenvalue weighted by Crippen LogP contribution is -2.32. The Kier molecular flexibility index (Phi) is 3.64. The van der Waals surface area contributed by atoms with E-state index in [9.17, 15) is 25.4 Å². The Morgan fingerprint density at radius 1 is 1.36 bits per heavy atom. The summed E-state index contributed by atoms with van der Waals surface area (Å²) in [6.07, 6.45) is 0.787. The average Bonchev–Trinajstić information content (AvgIpc) is 2.95. The minimum absolute atomic E-state index is 0.0319. The number of nitrogen functional groups attached to an aromatic ring is 1. The van der Waals surface area contributed by atoms with Crippen molar-refractivity contribution in [2.24, 2.45) is 0 Å². The van der Waals surface area contributed by atoms with Crippen molar-refractivity contribution >= 4 is 17.1 Å². The molecule has 12 heteroatoms. The second kappa shape index (κ2) is 5.67. The summed E-state index contributed by atoms with van der Waals surface area (Å²) in [5.41, 5.74) is 4.47. The van der Waals surface area contributed by atoms with Crippen LogP contribution in [0.1, 0.15) is 22.9 Å². The van der Waals surface area contributed by atoms with Gasteiger partial charge in [0.15, 0.2) is 4.60 Å². The van der Waals surface area contributed by atoms with Gasteiger partial charge in [-0.2, -0.15) is 4.90 Å². The number of fused-ring (bicyclic) bond motifs is 1. The normalized spacial score (nSPS) is 16.1. The number of nitrogens with zero attached hydrogens (tertiary/aromatic N) is 3. The number of hydrogen-bond donors (Lipinski definition) is 2. The zero-order valence-electron chi connectivity index (χ0n) is 12.7. The number of methoxy groups -OCH3 is 1. The fraction of sp³-hybridized carbons (Fsp3) is 0.154. The predicted octanol–water partition coefficient (Wildman–Crippen LogP) is 0.325. The van der Waals surface area contributed by atoms with E-state index in [0.717, 1.165) is 6.08 Å². The molecule has 130 valence electrons. The highest BCUT2D eigenvalue weighted by atomic mass is 16.8. The van der Waals surface area contributed by atoms with Gasteiger partial charge in [0.05, 0.1) is 18.1 Å². The number of anilines is 1. The lowest BCUT2D eigenvalue weighted by atomic mass is 9.84. The molecule has 25 heavy (non-hydrogen) atoms. The van der Waals surface area contributed by atoms with E-state index in [1.807, 2.05) is 0 Å². The molecule has 0 fully saturated rings. The van der Waals surface area contributed by atoms with Crippen LogP contribution >= 0.6 is 0 Å². The molecule has 0 amide bonds. The SMILES string of the molecule is COc1cc(N)ccc1C1C(=[N+]([O-])[O-])C=C([N+](=O)[O-])c2[nH]o[n+](=O)c21. The van der Waals surface area contributed by atoms with E-state index in [2.05, 4.69) is 9.79 Å². The van der Waals surface area contributed by atoms with Crippen LogP contribution in [0.2, 0.25) is 0 Å². The second-order valence-electron chi connectivity index (χ2n) is 5.11. The van der Waals surface area contributed by atoms with Crippen LogP contribution in [0.5, 0.6) is 5.75 Å². The van der Waals surface area contributed by atoms with Crippen LogP contribution in [0.3, 0.4) is 0 Å². The van der Waals surface area contributed by atoms with Crippen LogP contribution in [0.15, 0.2) is 28.9 Å². The molecule has 1 aliphatic rings. The number of ether oxygens (including phenoxy) is 1. The first-order valence-corrected chi connectivity index (χ1v) is 6.80. The summed E-state index contributed by atoms with van der Waals surface area (Å²) in [5.74, 6) is -1.06. The minimum atomic E-state index is -1.25. The Morgan fingerprint density at radius 2 is 2.08 bits per heavy atom. The van der Waals surface area contributed by atoms with Crippen LogP contribution in [0, 0.1) is 25.4 Å². The first-order chi connectivity index (χ1) is 11.8. The monoisotopic (exact) mass is 349 g/mol. The van der Waals surface area contributed by atoms with Gasteiger partial charge >= 0.3 is 5.70 Å². The van der Waals surface area contributed by atoms with E-state index < -0.39 is 27.2 Å². The fourth-order valence-corrected chi connectivity index (χ4v) is 2.72. The number of nitrogens with one attached hydrogen (secondary N) is 1. The molecule has 12 nitrogen and oxygen atoms in total. The van der Waals surface area contributed by atoms with Crippen LogP contribution in [0.4, 0.5) is 5.69 Å². The number of hydrogen-bond acceptors (Lipinski definition) is 8. The number of benzene rings is 1. The van der Waals surface area contributed by atoms with E-state index in [1.54, 1.807) is 0 Å². The molecule has 1 aliphatic carbocycles. The molecule has 1 heterocycles. The summed E-state index contributed by atoms with van der Waals surface area (Å²) in [7, 11) is 1.33. The zero-order valence-corrected chi connectivity index (χ0v) is 12.7. The maximum absolute atomic E-state index is 12.0. The van der Waals surface area contributed by atoms with Crippen LogP contribution in [0.25, 0.3) is 5.70 Å². The minimum Gasteiger partial charge on any atom is -0.612 e. The molecule has 0 saturated carbocycles. The molecule has 1 atom stereocenters. The van der Waals surface area contributed by atoms with Gasteiger partial charge in [0.2, 0.25) is 5.71 Å². The second-order valence-corrected chi connectivity index (χ2v) is 5.11. The molecule has 2 aromatic rings. The summed E-state index contributed by atoms with van der Waals surface area (Å²) in [5, 5.41) is 36.3. The smallest absolute Gasteiger partial charge is 0.329 e. The van der Waals surface area contributed by atoms with E-state index >= 15 is 0 Å². The van der Waals surface area contributed by atoms with Crippen molar-refractivity contribution in [1.29, 1.82) is 0 Å². The molecule has 0 bridgehead atoms. The van der Waals surface area contributed by atoms with Crippen molar-refractivity contribution in [3.63, 3.8) is 0 Å². The van der Waals surface area contributed by atoms with Crippen molar-refractivity contribution in [3.8, 4) is 5.75 Å². The van der Waals surface area contributed by atoms with E-state index in [0.29, 0.717) is 5.69 Å². The van der Waals surface area contributed by atoms with Gasteiger partial charge in [0.1, 0.15) is 11.7 Å². The van der Waals surface area contributed by atoms with Gasteiger partial charge in [0.25, 0.3) is 11.4 Å². The lowest BCUT2D eigenvalue weighted by Gasteiger charge is -2.19. The Hall–Kier alpha value is -3.83.